The predicted octanol–water partition coefficient (Wildman–Crippen LogP) is 3.06. The number of fused-ring (bicyclic) bond motifs is 1. The average Bonchev–Trinajstić information content (AvgIpc) is 2.83. The summed E-state index contributed by atoms with van der Waals surface area (Å²) >= 11 is 0. The Morgan fingerprint density at radius 1 is 1.19 bits per heavy atom. The van der Waals surface area contributed by atoms with Gasteiger partial charge in [-0.25, -0.2) is 4.98 Å². The van der Waals surface area contributed by atoms with Crippen LogP contribution in [0.3, 0.4) is 0 Å². The number of hydrogen-bond acceptors (Lipinski definition) is 2. The molecule has 3 aromatic rings. The normalized spacial score (nSPS) is 11.1. The van der Waals surface area contributed by atoms with Crippen LogP contribution in [0.2, 0.25) is 0 Å². The summed E-state index contributed by atoms with van der Waals surface area (Å²) in [6, 6.07) is 12.2. The van der Waals surface area contributed by atoms with Gasteiger partial charge in [0, 0.05) is 19.0 Å². The fraction of sp³-hybridized carbons (Fsp3) is 0.294. The molecule has 21 heavy (non-hydrogen) atoms. The number of unbranched alkanes of at least 4 members (excludes halogenated alkanes) is 1. The van der Waals surface area contributed by atoms with Crippen molar-refractivity contribution in [2.45, 2.75) is 32.7 Å². The van der Waals surface area contributed by atoms with Crippen LogP contribution in [0, 0.1) is 5.21 Å². The molecule has 0 atom stereocenters. The first-order chi connectivity index (χ1) is 10.3. The van der Waals surface area contributed by atoms with Gasteiger partial charge in [0.1, 0.15) is 5.82 Å². The average molecular weight is 281 g/mol. The fourth-order valence-corrected chi connectivity index (χ4v) is 2.58. The van der Waals surface area contributed by atoms with E-state index in [0.717, 1.165) is 47.4 Å². The Labute approximate surface area is 124 Å². The topological polar surface area (TPSA) is 44.8 Å². The molecule has 0 bridgehead atoms. The van der Waals surface area contributed by atoms with Crippen LogP contribution in [0.1, 0.15) is 31.2 Å². The van der Waals surface area contributed by atoms with Gasteiger partial charge in [0.25, 0.3) is 0 Å². The number of benzene rings is 1. The van der Waals surface area contributed by atoms with Crippen LogP contribution in [0.5, 0.6) is 0 Å². The summed E-state index contributed by atoms with van der Waals surface area (Å²) in [5.74, 6) is 1.06. The van der Waals surface area contributed by atoms with E-state index < -0.39 is 0 Å². The van der Waals surface area contributed by atoms with Crippen molar-refractivity contribution >= 4 is 11.0 Å². The lowest BCUT2D eigenvalue weighted by Gasteiger charge is -2.09. The minimum absolute atomic E-state index is 0.773. The molecule has 0 radical (unpaired) electrons. The fourth-order valence-electron chi connectivity index (χ4n) is 2.58. The zero-order valence-electron chi connectivity index (χ0n) is 12.2. The second-order valence-corrected chi connectivity index (χ2v) is 5.28. The maximum Gasteiger partial charge on any atom is 0.208 e. The third kappa shape index (κ3) is 2.89. The van der Waals surface area contributed by atoms with Crippen molar-refractivity contribution < 1.29 is 4.73 Å². The van der Waals surface area contributed by atoms with Crippen LogP contribution < -0.4 is 4.73 Å². The highest BCUT2D eigenvalue weighted by Crippen LogP contribution is 2.18. The van der Waals surface area contributed by atoms with E-state index >= 15 is 0 Å². The molecule has 4 heteroatoms. The number of hydrogen-bond donors (Lipinski definition) is 0. The van der Waals surface area contributed by atoms with E-state index in [9.17, 15) is 5.21 Å². The molecule has 0 spiro atoms. The third-order valence-electron chi connectivity index (χ3n) is 3.68. The van der Waals surface area contributed by atoms with Crippen molar-refractivity contribution in [2.24, 2.45) is 0 Å². The molecule has 0 fully saturated rings. The first-order valence-corrected chi connectivity index (χ1v) is 7.40. The molecule has 108 valence electrons. The lowest BCUT2D eigenvalue weighted by atomic mass is 10.2. The number of aryl methyl sites for hydroxylation is 1. The molecule has 0 aliphatic heterocycles. The summed E-state index contributed by atoms with van der Waals surface area (Å²) in [5, 5.41) is 11.4. The minimum Gasteiger partial charge on any atom is -0.619 e. The van der Waals surface area contributed by atoms with E-state index in [0.29, 0.717) is 0 Å². The van der Waals surface area contributed by atoms with Crippen LogP contribution >= 0.6 is 0 Å². The second-order valence-electron chi connectivity index (χ2n) is 5.28. The lowest BCUT2D eigenvalue weighted by molar-refractivity contribution is -0.604. The van der Waals surface area contributed by atoms with Crippen LogP contribution in [0.25, 0.3) is 11.0 Å². The van der Waals surface area contributed by atoms with Gasteiger partial charge < -0.3 is 9.77 Å². The Balaban J connectivity index is 2.04. The largest absolute Gasteiger partial charge is 0.619 e. The smallest absolute Gasteiger partial charge is 0.208 e. The van der Waals surface area contributed by atoms with Crippen molar-refractivity contribution in [3.05, 3.63) is 65.4 Å². The molecular formula is C17H19N3O. The summed E-state index contributed by atoms with van der Waals surface area (Å²) in [6.07, 6.45) is 6.27. The Bertz CT molecular complexity index is 734. The van der Waals surface area contributed by atoms with E-state index in [1.54, 1.807) is 6.20 Å². The van der Waals surface area contributed by atoms with Gasteiger partial charge in [-0.15, -0.1) is 0 Å². The van der Waals surface area contributed by atoms with Gasteiger partial charge in [-0.1, -0.05) is 43.7 Å². The molecule has 0 aliphatic rings. The second kappa shape index (κ2) is 5.95. The Hall–Kier alpha value is -2.36. The zero-order chi connectivity index (χ0) is 14.7. The molecule has 0 saturated carbocycles. The van der Waals surface area contributed by atoms with E-state index in [2.05, 4.69) is 28.6 Å². The quantitative estimate of drug-likeness (QED) is 0.533. The highest BCUT2D eigenvalue weighted by molar-refractivity contribution is 5.74. The van der Waals surface area contributed by atoms with Crippen molar-refractivity contribution in [1.82, 2.24) is 9.55 Å². The first-order valence-electron chi connectivity index (χ1n) is 7.40. The van der Waals surface area contributed by atoms with Gasteiger partial charge >= 0.3 is 0 Å². The molecule has 0 aliphatic carbocycles. The molecule has 0 amide bonds. The zero-order valence-corrected chi connectivity index (χ0v) is 12.2. The highest BCUT2D eigenvalue weighted by atomic mass is 16.5. The van der Waals surface area contributed by atoms with E-state index in [4.69, 9.17) is 0 Å². The monoisotopic (exact) mass is 281 g/mol. The van der Waals surface area contributed by atoms with E-state index in [1.807, 2.05) is 24.3 Å². The molecule has 4 nitrogen and oxygen atoms in total. The van der Waals surface area contributed by atoms with Gasteiger partial charge in [0.2, 0.25) is 6.20 Å². The van der Waals surface area contributed by atoms with Crippen LogP contribution in [-0.4, -0.2) is 9.55 Å². The Kier molecular flexibility index (Phi) is 3.86. The number of imidazole rings is 1. The van der Waals surface area contributed by atoms with Crippen LogP contribution in [0.15, 0.2) is 48.8 Å². The summed E-state index contributed by atoms with van der Waals surface area (Å²) in [7, 11) is 0. The molecule has 3 rings (SSSR count). The predicted molar refractivity (Wildman–Crippen MR) is 82.8 cm³/mol. The first kappa shape index (κ1) is 13.6. The Morgan fingerprint density at radius 2 is 2.00 bits per heavy atom. The molecule has 2 heterocycles. The summed E-state index contributed by atoms with van der Waals surface area (Å²) in [5.41, 5.74) is 3.04. The van der Waals surface area contributed by atoms with Crippen LogP contribution in [-0.2, 0) is 13.0 Å². The lowest BCUT2D eigenvalue weighted by Crippen LogP contribution is -2.23. The van der Waals surface area contributed by atoms with Crippen molar-refractivity contribution in [2.75, 3.05) is 0 Å². The summed E-state index contributed by atoms with van der Waals surface area (Å²) < 4.78 is 3.03. The maximum atomic E-state index is 11.4. The summed E-state index contributed by atoms with van der Waals surface area (Å²) in [6.45, 7) is 2.97. The van der Waals surface area contributed by atoms with Gasteiger partial charge in [-0.05, 0) is 12.0 Å². The molecule has 2 aromatic heterocycles. The van der Waals surface area contributed by atoms with Gasteiger partial charge in [0.05, 0.1) is 5.52 Å². The number of nitrogens with zero attached hydrogens (tertiary/aromatic N) is 3. The van der Waals surface area contributed by atoms with Gasteiger partial charge in [-0.2, -0.15) is 4.73 Å². The third-order valence-corrected chi connectivity index (χ3v) is 3.68. The van der Waals surface area contributed by atoms with Gasteiger partial charge in [-0.3, -0.25) is 0 Å². The SMILES string of the molecule is CCCCc1nc2c[n+]([O-])ccc2n1Cc1ccccc1. The Morgan fingerprint density at radius 3 is 2.76 bits per heavy atom. The number of pyridine rings is 1. The van der Waals surface area contributed by atoms with E-state index in [-0.39, 0.29) is 0 Å². The number of aromatic nitrogens is 3. The summed E-state index contributed by atoms with van der Waals surface area (Å²) in [4.78, 5) is 4.65. The maximum absolute atomic E-state index is 11.4. The van der Waals surface area contributed by atoms with Crippen molar-refractivity contribution in [3.63, 3.8) is 0 Å². The highest BCUT2D eigenvalue weighted by Gasteiger charge is 2.12. The standard InChI is InChI=1S/C17H19N3O/c1-2-3-9-17-18-15-13-19(21)11-10-16(15)20(17)12-14-7-5-4-6-8-14/h4-8,10-11,13H,2-3,9,12H2,1H3. The van der Waals surface area contributed by atoms with Crippen LogP contribution in [0.4, 0.5) is 0 Å². The molecular weight excluding hydrogens is 262 g/mol. The molecule has 0 unspecified atom stereocenters. The van der Waals surface area contributed by atoms with Crippen molar-refractivity contribution in [1.29, 1.82) is 0 Å². The molecule has 0 N–H and O–H groups in total. The molecule has 0 saturated heterocycles. The van der Waals surface area contributed by atoms with Crippen molar-refractivity contribution in [3.8, 4) is 0 Å². The van der Waals surface area contributed by atoms with E-state index in [1.165, 1.54) is 11.8 Å². The minimum atomic E-state index is 0.773. The van der Waals surface area contributed by atoms with Gasteiger partial charge in [0.15, 0.2) is 11.7 Å². The molecule has 1 aromatic carbocycles. The number of rotatable bonds is 5.